The Bertz CT molecular complexity index is 675. The summed E-state index contributed by atoms with van der Waals surface area (Å²) in [6, 6.07) is 3.67. The molecular formula is C15H18N6O. The predicted octanol–water partition coefficient (Wildman–Crippen LogP) is 1.65. The van der Waals surface area contributed by atoms with Crippen LogP contribution in [0.25, 0.3) is 0 Å². The smallest absolute Gasteiger partial charge is 0.228 e. The number of carbonyl (C=O) groups excluding carboxylic acids is 1. The van der Waals surface area contributed by atoms with Crippen LogP contribution in [0.3, 0.4) is 0 Å². The number of anilines is 2. The fourth-order valence-electron chi connectivity index (χ4n) is 2.63. The standard InChI is InChI=1S/C15H18N6O/c1-10-18-13(12-4-7-21(9-12)11(2)22)8-14(19-10)20-15-16-5-3-6-17-15/h3,5-6,8,12H,4,7,9H2,1-2H3,(H,16,17,18,19,20)/t12-/m1/s1. The highest BCUT2D eigenvalue weighted by molar-refractivity contribution is 5.73. The average molecular weight is 298 g/mol. The van der Waals surface area contributed by atoms with Crippen LogP contribution in [0.15, 0.2) is 24.5 Å². The van der Waals surface area contributed by atoms with Gasteiger partial charge in [0.2, 0.25) is 11.9 Å². The van der Waals surface area contributed by atoms with Crippen LogP contribution in [0, 0.1) is 6.92 Å². The van der Waals surface area contributed by atoms with Gasteiger partial charge in [-0.1, -0.05) is 0 Å². The van der Waals surface area contributed by atoms with E-state index >= 15 is 0 Å². The molecule has 0 aliphatic carbocycles. The van der Waals surface area contributed by atoms with Crippen LogP contribution in [0.4, 0.5) is 11.8 Å². The Labute approximate surface area is 128 Å². The van der Waals surface area contributed by atoms with Crippen molar-refractivity contribution in [1.29, 1.82) is 0 Å². The lowest BCUT2D eigenvalue weighted by atomic mass is 10.0. The summed E-state index contributed by atoms with van der Waals surface area (Å²) in [5, 5.41) is 3.09. The molecule has 0 aromatic carbocycles. The van der Waals surface area contributed by atoms with Gasteiger partial charge in [0.15, 0.2) is 0 Å². The number of aromatic nitrogens is 4. The van der Waals surface area contributed by atoms with E-state index in [-0.39, 0.29) is 11.8 Å². The highest BCUT2D eigenvalue weighted by atomic mass is 16.2. The first-order valence-electron chi connectivity index (χ1n) is 7.27. The summed E-state index contributed by atoms with van der Waals surface area (Å²) in [5.41, 5.74) is 0.953. The minimum Gasteiger partial charge on any atom is -0.342 e. The first kappa shape index (κ1) is 14.4. The molecule has 7 nitrogen and oxygen atoms in total. The van der Waals surface area contributed by atoms with Crippen LogP contribution in [-0.4, -0.2) is 43.8 Å². The van der Waals surface area contributed by atoms with Gasteiger partial charge in [-0.05, 0) is 19.4 Å². The third kappa shape index (κ3) is 3.19. The number of hydrogen-bond acceptors (Lipinski definition) is 6. The van der Waals surface area contributed by atoms with Crippen molar-refractivity contribution in [2.24, 2.45) is 0 Å². The van der Waals surface area contributed by atoms with E-state index in [2.05, 4.69) is 25.3 Å². The lowest BCUT2D eigenvalue weighted by Gasteiger charge is -2.14. The number of nitrogens with zero attached hydrogens (tertiary/aromatic N) is 5. The first-order valence-corrected chi connectivity index (χ1v) is 7.27. The van der Waals surface area contributed by atoms with Gasteiger partial charge < -0.3 is 10.2 Å². The van der Waals surface area contributed by atoms with Gasteiger partial charge in [0.05, 0.1) is 5.69 Å². The van der Waals surface area contributed by atoms with E-state index in [9.17, 15) is 4.79 Å². The Morgan fingerprint density at radius 2 is 2.09 bits per heavy atom. The van der Waals surface area contributed by atoms with E-state index in [4.69, 9.17) is 0 Å². The lowest BCUT2D eigenvalue weighted by Crippen LogP contribution is -2.25. The fraction of sp³-hybridized carbons (Fsp3) is 0.400. The van der Waals surface area contributed by atoms with Crippen LogP contribution in [0.1, 0.15) is 30.8 Å². The third-order valence-electron chi connectivity index (χ3n) is 3.72. The number of nitrogens with one attached hydrogen (secondary N) is 1. The van der Waals surface area contributed by atoms with Gasteiger partial charge >= 0.3 is 0 Å². The molecule has 0 radical (unpaired) electrons. The monoisotopic (exact) mass is 298 g/mol. The van der Waals surface area contributed by atoms with Crippen LogP contribution in [0.2, 0.25) is 0 Å². The second-order valence-electron chi connectivity index (χ2n) is 5.37. The summed E-state index contributed by atoms with van der Waals surface area (Å²) in [4.78, 5) is 30.5. The number of likely N-dealkylation sites (tertiary alicyclic amines) is 1. The summed E-state index contributed by atoms with van der Waals surface area (Å²) in [7, 11) is 0. The lowest BCUT2D eigenvalue weighted by molar-refractivity contribution is -0.127. The topological polar surface area (TPSA) is 83.9 Å². The van der Waals surface area contributed by atoms with Crippen LogP contribution < -0.4 is 5.32 Å². The SMILES string of the molecule is CC(=O)N1CC[C@@H](c2cc(Nc3ncccn3)nc(C)n2)C1. The second kappa shape index (κ2) is 6.05. The second-order valence-corrected chi connectivity index (χ2v) is 5.37. The summed E-state index contributed by atoms with van der Waals surface area (Å²) < 4.78 is 0. The number of carbonyl (C=O) groups is 1. The van der Waals surface area contributed by atoms with Crippen LogP contribution in [-0.2, 0) is 4.79 Å². The molecule has 0 unspecified atom stereocenters. The maximum atomic E-state index is 11.5. The van der Waals surface area contributed by atoms with E-state index in [0.717, 1.165) is 18.7 Å². The first-order chi connectivity index (χ1) is 10.6. The zero-order valence-corrected chi connectivity index (χ0v) is 12.7. The van der Waals surface area contributed by atoms with Crippen molar-refractivity contribution in [2.45, 2.75) is 26.2 Å². The summed E-state index contributed by atoms with van der Waals surface area (Å²) >= 11 is 0. The van der Waals surface area contributed by atoms with Crippen LogP contribution >= 0.6 is 0 Å². The zero-order valence-electron chi connectivity index (χ0n) is 12.7. The summed E-state index contributed by atoms with van der Waals surface area (Å²) in [6.07, 6.45) is 4.27. The van der Waals surface area contributed by atoms with Gasteiger partial charge in [0.25, 0.3) is 0 Å². The minimum absolute atomic E-state index is 0.115. The molecule has 3 rings (SSSR count). The van der Waals surface area contributed by atoms with Crippen molar-refractivity contribution in [3.8, 4) is 0 Å². The maximum Gasteiger partial charge on any atom is 0.228 e. The Hall–Kier alpha value is -2.57. The van der Waals surface area contributed by atoms with Crippen molar-refractivity contribution >= 4 is 17.7 Å². The molecule has 1 aliphatic rings. The third-order valence-corrected chi connectivity index (χ3v) is 3.72. The zero-order chi connectivity index (χ0) is 15.5. The molecule has 2 aromatic rings. The summed E-state index contributed by atoms with van der Waals surface area (Å²) in [5.74, 6) is 2.24. The van der Waals surface area contributed by atoms with Crippen molar-refractivity contribution in [2.75, 3.05) is 18.4 Å². The minimum atomic E-state index is 0.115. The highest BCUT2D eigenvalue weighted by Gasteiger charge is 2.27. The molecule has 1 atom stereocenters. The molecule has 2 aromatic heterocycles. The van der Waals surface area contributed by atoms with Gasteiger partial charge in [-0.3, -0.25) is 4.79 Å². The van der Waals surface area contributed by atoms with Crippen LogP contribution in [0.5, 0.6) is 0 Å². The molecular weight excluding hydrogens is 280 g/mol. The van der Waals surface area contributed by atoms with Gasteiger partial charge in [-0.15, -0.1) is 0 Å². The Kier molecular flexibility index (Phi) is 3.95. The van der Waals surface area contributed by atoms with E-state index in [0.29, 0.717) is 24.1 Å². The normalized spacial score (nSPS) is 17.5. The van der Waals surface area contributed by atoms with Gasteiger partial charge in [0.1, 0.15) is 11.6 Å². The van der Waals surface area contributed by atoms with Gasteiger partial charge in [-0.2, -0.15) is 0 Å². The van der Waals surface area contributed by atoms with E-state index < -0.39 is 0 Å². The maximum absolute atomic E-state index is 11.5. The quantitative estimate of drug-likeness (QED) is 0.927. The predicted molar refractivity (Wildman–Crippen MR) is 81.7 cm³/mol. The van der Waals surface area contributed by atoms with Gasteiger partial charge in [0, 0.05) is 44.4 Å². The molecule has 0 spiro atoms. The molecule has 7 heteroatoms. The molecule has 1 amide bonds. The van der Waals surface area contributed by atoms with Gasteiger partial charge in [-0.25, -0.2) is 19.9 Å². The molecule has 1 fully saturated rings. The van der Waals surface area contributed by atoms with Crippen molar-refractivity contribution in [3.63, 3.8) is 0 Å². The van der Waals surface area contributed by atoms with E-state index in [1.807, 2.05) is 17.9 Å². The van der Waals surface area contributed by atoms with E-state index in [1.54, 1.807) is 25.4 Å². The molecule has 3 heterocycles. The van der Waals surface area contributed by atoms with Crippen molar-refractivity contribution in [1.82, 2.24) is 24.8 Å². The highest BCUT2D eigenvalue weighted by Crippen LogP contribution is 2.27. The summed E-state index contributed by atoms with van der Waals surface area (Å²) in [6.45, 7) is 4.96. The molecule has 114 valence electrons. The van der Waals surface area contributed by atoms with Crippen molar-refractivity contribution in [3.05, 3.63) is 36.0 Å². The average Bonchev–Trinajstić information content (AvgIpc) is 2.98. The fourth-order valence-corrected chi connectivity index (χ4v) is 2.63. The molecule has 1 saturated heterocycles. The number of rotatable bonds is 3. The number of amides is 1. The van der Waals surface area contributed by atoms with E-state index in [1.165, 1.54) is 0 Å². The Balaban J connectivity index is 1.80. The number of hydrogen-bond donors (Lipinski definition) is 1. The number of aryl methyl sites for hydroxylation is 1. The Morgan fingerprint density at radius 1 is 1.32 bits per heavy atom. The largest absolute Gasteiger partial charge is 0.342 e. The molecule has 0 saturated carbocycles. The molecule has 1 N–H and O–H groups in total. The molecule has 1 aliphatic heterocycles. The molecule has 22 heavy (non-hydrogen) atoms. The molecule has 0 bridgehead atoms. The Morgan fingerprint density at radius 3 is 2.77 bits per heavy atom. The van der Waals surface area contributed by atoms with Crippen molar-refractivity contribution < 1.29 is 4.79 Å².